The number of amides is 1. The minimum absolute atomic E-state index is 0.0299. The molecule has 0 aliphatic rings. The standard InChI is InChI=1S/C20H20Cl2N4OS/c1-2-26-19(16-9-8-15(21)12-17(16)22)24-25-20(26)28-13-18(27)23-11-10-14-6-4-3-5-7-14/h3-9,12H,2,10-11,13H2,1H3,(H,23,27). The fourth-order valence-electron chi connectivity index (χ4n) is 2.72. The summed E-state index contributed by atoms with van der Waals surface area (Å²) < 4.78 is 1.94. The van der Waals surface area contributed by atoms with Crippen molar-refractivity contribution in [3.63, 3.8) is 0 Å². The van der Waals surface area contributed by atoms with Crippen molar-refractivity contribution in [2.45, 2.75) is 25.0 Å². The first kappa shape index (κ1) is 20.7. The zero-order chi connectivity index (χ0) is 19.9. The predicted molar refractivity (Wildman–Crippen MR) is 115 cm³/mol. The van der Waals surface area contributed by atoms with E-state index in [4.69, 9.17) is 23.2 Å². The molecule has 146 valence electrons. The number of benzene rings is 2. The lowest BCUT2D eigenvalue weighted by Crippen LogP contribution is -2.27. The topological polar surface area (TPSA) is 59.8 Å². The average Bonchev–Trinajstić information content (AvgIpc) is 3.10. The van der Waals surface area contributed by atoms with Crippen LogP contribution in [0.3, 0.4) is 0 Å². The first-order chi connectivity index (χ1) is 13.6. The highest BCUT2D eigenvalue weighted by atomic mass is 35.5. The molecule has 1 N–H and O–H groups in total. The Morgan fingerprint density at radius 1 is 1.14 bits per heavy atom. The molecule has 0 atom stereocenters. The van der Waals surface area contributed by atoms with Gasteiger partial charge in [-0.15, -0.1) is 10.2 Å². The minimum Gasteiger partial charge on any atom is -0.355 e. The summed E-state index contributed by atoms with van der Waals surface area (Å²) in [6.45, 7) is 3.27. The molecule has 28 heavy (non-hydrogen) atoms. The van der Waals surface area contributed by atoms with Gasteiger partial charge in [-0.25, -0.2) is 0 Å². The van der Waals surface area contributed by atoms with Crippen LogP contribution in [-0.2, 0) is 17.8 Å². The van der Waals surface area contributed by atoms with Gasteiger partial charge in [-0.1, -0.05) is 65.3 Å². The average molecular weight is 435 g/mol. The van der Waals surface area contributed by atoms with Gasteiger partial charge in [0.25, 0.3) is 0 Å². The van der Waals surface area contributed by atoms with E-state index in [0.717, 1.165) is 12.0 Å². The van der Waals surface area contributed by atoms with Gasteiger partial charge in [-0.2, -0.15) is 0 Å². The second-order valence-corrected chi connectivity index (χ2v) is 7.83. The Labute approximate surface area is 178 Å². The van der Waals surface area contributed by atoms with Crippen molar-refractivity contribution in [3.05, 3.63) is 64.1 Å². The lowest BCUT2D eigenvalue weighted by Gasteiger charge is -2.09. The number of rotatable bonds is 8. The zero-order valence-corrected chi connectivity index (χ0v) is 17.7. The van der Waals surface area contributed by atoms with Gasteiger partial charge in [-0.3, -0.25) is 4.79 Å². The fourth-order valence-corrected chi connectivity index (χ4v) is 4.05. The summed E-state index contributed by atoms with van der Waals surface area (Å²) in [5, 5.41) is 13.2. The second kappa shape index (κ2) is 9.96. The molecule has 1 aromatic heterocycles. The molecule has 2 aromatic carbocycles. The summed E-state index contributed by atoms with van der Waals surface area (Å²) in [5.41, 5.74) is 1.96. The maximum atomic E-state index is 12.1. The Balaban J connectivity index is 1.58. The van der Waals surface area contributed by atoms with Crippen molar-refractivity contribution in [2.75, 3.05) is 12.3 Å². The Bertz CT molecular complexity index is 947. The summed E-state index contributed by atoms with van der Waals surface area (Å²) in [5.74, 6) is 0.912. The third-order valence-electron chi connectivity index (χ3n) is 4.12. The highest BCUT2D eigenvalue weighted by molar-refractivity contribution is 7.99. The number of hydrogen-bond donors (Lipinski definition) is 1. The predicted octanol–water partition coefficient (Wildman–Crippen LogP) is 4.72. The van der Waals surface area contributed by atoms with Crippen LogP contribution in [0.5, 0.6) is 0 Å². The number of hydrogen-bond acceptors (Lipinski definition) is 4. The molecule has 0 unspecified atom stereocenters. The molecule has 0 aliphatic carbocycles. The summed E-state index contributed by atoms with van der Waals surface area (Å²) in [7, 11) is 0. The fraction of sp³-hybridized carbons (Fsp3) is 0.250. The Kier molecular flexibility index (Phi) is 7.36. The SMILES string of the molecule is CCn1c(SCC(=O)NCCc2ccccc2)nnc1-c1ccc(Cl)cc1Cl. The van der Waals surface area contributed by atoms with E-state index in [9.17, 15) is 4.79 Å². The molecule has 5 nitrogen and oxygen atoms in total. The monoisotopic (exact) mass is 434 g/mol. The molecule has 0 bridgehead atoms. The van der Waals surface area contributed by atoms with Crippen LogP contribution in [0.1, 0.15) is 12.5 Å². The maximum absolute atomic E-state index is 12.1. The van der Waals surface area contributed by atoms with Gasteiger partial charge in [-0.05, 0) is 37.1 Å². The Hall–Kier alpha value is -2.02. The van der Waals surface area contributed by atoms with Crippen LogP contribution in [-0.4, -0.2) is 33.0 Å². The molecular formula is C20H20Cl2N4OS. The summed E-state index contributed by atoms with van der Waals surface area (Å²) in [6.07, 6.45) is 0.807. The largest absolute Gasteiger partial charge is 0.355 e. The van der Waals surface area contributed by atoms with Gasteiger partial charge < -0.3 is 9.88 Å². The van der Waals surface area contributed by atoms with Gasteiger partial charge in [0.05, 0.1) is 10.8 Å². The molecule has 1 amide bonds. The quantitative estimate of drug-likeness (QED) is 0.520. The number of nitrogens with one attached hydrogen (secondary N) is 1. The van der Waals surface area contributed by atoms with E-state index < -0.39 is 0 Å². The van der Waals surface area contributed by atoms with E-state index in [1.165, 1.54) is 17.3 Å². The highest BCUT2D eigenvalue weighted by Crippen LogP contribution is 2.31. The lowest BCUT2D eigenvalue weighted by atomic mass is 10.1. The van der Waals surface area contributed by atoms with Crippen LogP contribution in [0.15, 0.2) is 53.7 Å². The molecule has 1 heterocycles. The first-order valence-electron chi connectivity index (χ1n) is 8.90. The molecule has 0 saturated carbocycles. The van der Waals surface area contributed by atoms with Crippen LogP contribution in [0.2, 0.25) is 10.0 Å². The third-order valence-corrected chi connectivity index (χ3v) is 5.63. The second-order valence-electron chi connectivity index (χ2n) is 6.05. The van der Waals surface area contributed by atoms with Crippen molar-refractivity contribution in [1.29, 1.82) is 0 Å². The minimum atomic E-state index is -0.0299. The molecule has 3 rings (SSSR count). The molecule has 8 heteroatoms. The van der Waals surface area contributed by atoms with E-state index in [2.05, 4.69) is 15.5 Å². The Morgan fingerprint density at radius 2 is 1.93 bits per heavy atom. The highest BCUT2D eigenvalue weighted by Gasteiger charge is 2.16. The van der Waals surface area contributed by atoms with Crippen molar-refractivity contribution in [2.24, 2.45) is 0 Å². The maximum Gasteiger partial charge on any atom is 0.230 e. The van der Waals surface area contributed by atoms with Crippen LogP contribution in [0.4, 0.5) is 0 Å². The van der Waals surface area contributed by atoms with E-state index in [0.29, 0.717) is 34.1 Å². The van der Waals surface area contributed by atoms with Crippen molar-refractivity contribution in [3.8, 4) is 11.4 Å². The number of halogens is 2. The third kappa shape index (κ3) is 5.28. The van der Waals surface area contributed by atoms with Crippen molar-refractivity contribution >= 4 is 40.9 Å². The molecule has 0 spiro atoms. The van der Waals surface area contributed by atoms with Crippen LogP contribution in [0.25, 0.3) is 11.4 Å². The summed E-state index contributed by atoms with van der Waals surface area (Å²) >= 11 is 13.6. The Morgan fingerprint density at radius 3 is 2.64 bits per heavy atom. The number of thioether (sulfide) groups is 1. The molecule has 3 aromatic rings. The number of carbonyl (C=O) groups is 1. The normalized spacial score (nSPS) is 10.8. The van der Waals surface area contributed by atoms with Crippen LogP contribution in [0, 0.1) is 0 Å². The summed E-state index contributed by atoms with van der Waals surface area (Å²) in [6, 6.07) is 15.3. The van der Waals surface area contributed by atoms with E-state index in [-0.39, 0.29) is 11.7 Å². The van der Waals surface area contributed by atoms with Crippen molar-refractivity contribution < 1.29 is 4.79 Å². The molecule has 0 saturated heterocycles. The van der Waals surface area contributed by atoms with Gasteiger partial charge in [0, 0.05) is 23.7 Å². The number of carbonyl (C=O) groups excluding carboxylic acids is 1. The van der Waals surface area contributed by atoms with Crippen LogP contribution < -0.4 is 5.32 Å². The molecule has 0 radical (unpaired) electrons. The van der Waals surface area contributed by atoms with Gasteiger partial charge in [0.15, 0.2) is 11.0 Å². The van der Waals surface area contributed by atoms with E-state index in [1.54, 1.807) is 12.1 Å². The molecule has 0 fully saturated rings. The number of nitrogens with zero attached hydrogens (tertiary/aromatic N) is 3. The zero-order valence-electron chi connectivity index (χ0n) is 15.4. The smallest absolute Gasteiger partial charge is 0.230 e. The van der Waals surface area contributed by atoms with Gasteiger partial charge >= 0.3 is 0 Å². The first-order valence-corrected chi connectivity index (χ1v) is 10.6. The summed E-state index contributed by atoms with van der Waals surface area (Å²) in [4.78, 5) is 12.1. The molecular weight excluding hydrogens is 415 g/mol. The number of aromatic nitrogens is 3. The van der Waals surface area contributed by atoms with Gasteiger partial charge in [0.1, 0.15) is 0 Å². The van der Waals surface area contributed by atoms with E-state index >= 15 is 0 Å². The van der Waals surface area contributed by atoms with E-state index in [1.807, 2.05) is 47.9 Å². The lowest BCUT2D eigenvalue weighted by molar-refractivity contribution is -0.118. The van der Waals surface area contributed by atoms with Crippen LogP contribution >= 0.6 is 35.0 Å². The molecule has 0 aliphatic heterocycles. The van der Waals surface area contributed by atoms with Gasteiger partial charge in [0.2, 0.25) is 5.91 Å². The van der Waals surface area contributed by atoms with Crippen molar-refractivity contribution in [1.82, 2.24) is 20.1 Å².